The molecule has 0 saturated heterocycles. The maximum Gasteiger partial charge on any atom is 0.258 e. The van der Waals surface area contributed by atoms with Gasteiger partial charge in [0.05, 0.1) is 6.04 Å². The number of halogens is 1. The molecule has 7 heteroatoms. The van der Waals surface area contributed by atoms with Crippen molar-refractivity contribution >= 4 is 33.6 Å². The molecule has 0 aliphatic rings. The molecule has 1 atom stereocenters. The largest absolute Gasteiger partial charge is 0.342 e. The van der Waals surface area contributed by atoms with Crippen LogP contribution < -0.4 is 5.32 Å². The van der Waals surface area contributed by atoms with Gasteiger partial charge in [0.1, 0.15) is 0 Å². The van der Waals surface area contributed by atoms with E-state index in [-0.39, 0.29) is 11.9 Å². The van der Waals surface area contributed by atoms with Gasteiger partial charge in [0, 0.05) is 20.5 Å². The van der Waals surface area contributed by atoms with E-state index in [1.807, 2.05) is 62.6 Å². The van der Waals surface area contributed by atoms with E-state index < -0.39 is 0 Å². The number of aromatic nitrogens is 2. The van der Waals surface area contributed by atoms with Crippen molar-refractivity contribution in [3.05, 3.63) is 63.9 Å². The quantitative estimate of drug-likeness (QED) is 0.513. The molecule has 1 N–H and O–H groups in total. The molecule has 3 rings (SSSR count). The van der Waals surface area contributed by atoms with Crippen molar-refractivity contribution < 1.29 is 9.32 Å². The van der Waals surface area contributed by atoms with Gasteiger partial charge in [-0.3, -0.25) is 4.79 Å². The number of nitrogens with zero attached hydrogens (tertiary/aromatic N) is 2. The second kappa shape index (κ2) is 8.71. The lowest BCUT2D eigenvalue weighted by atomic mass is 10.1. The van der Waals surface area contributed by atoms with Gasteiger partial charge in [0.25, 0.3) is 11.8 Å². The molecule has 0 fully saturated rings. The van der Waals surface area contributed by atoms with E-state index in [4.69, 9.17) is 4.52 Å². The standard InChI is InChI=1S/C20H20BrN3O2S/c1-4-17(22-19(25)16-11-15(27-3)9-8-12(16)2)18-23-20(26-24-18)13-6-5-7-14(21)10-13/h5-11,17H,4H2,1-3H3,(H,22,25). The van der Waals surface area contributed by atoms with E-state index >= 15 is 0 Å². The van der Waals surface area contributed by atoms with Crippen LogP contribution in [0.1, 0.15) is 41.1 Å². The number of hydrogen-bond donors (Lipinski definition) is 1. The van der Waals surface area contributed by atoms with Crippen LogP contribution in [0.4, 0.5) is 0 Å². The molecule has 140 valence electrons. The smallest absolute Gasteiger partial charge is 0.258 e. The number of thioether (sulfide) groups is 1. The van der Waals surface area contributed by atoms with Gasteiger partial charge < -0.3 is 9.84 Å². The normalized spacial score (nSPS) is 12.0. The summed E-state index contributed by atoms with van der Waals surface area (Å²) >= 11 is 5.05. The first kappa shape index (κ1) is 19.6. The first-order chi connectivity index (χ1) is 13.0. The number of carbonyl (C=O) groups excluding carboxylic acids is 1. The van der Waals surface area contributed by atoms with Gasteiger partial charge in [-0.05, 0) is 55.5 Å². The lowest BCUT2D eigenvalue weighted by molar-refractivity contribution is 0.0932. The third kappa shape index (κ3) is 4.59. The summed E-state index contributed by atoms with van der Waals surface area (Å²) in [6.45, 7) is 3.91. The average Bonchev–Trinajstić information content (AvgIpc) is 3.16. The monoisotopic (exact) mass is 445 g/mol. The van der Waals surface area contributed by atoms with E-state index in [1.165, 1.54) is 0 Å². The second-order valence-electron chi connectivity index (χ2n) is 6.08. The Morgan fingerprint density at radius 1 is 1.30 bits per heavy atom. The maximum atomic E-state index is 12.8. The summed E-state index contributed by atoms with van der Waals surface area (Å²) in [6.07, 6.45) is 2.65. The minimum Gasteiger partial charge on any atom is -0.342 e. The number of rotatable bonds is 6. The van der Waals surface area contributed by atoms with Gasteiger partial charge in [0.2, 0.25) is 0 Å². The third-order valence-corrected chi connectivity index (χ3v) is 5.45. The molecule has 0 aliphatic carbocycles. The first-order valence-corrected chi connectivity index (χ1v) is 10.6. The van der Waals surface area contributed by atoms with Gasteiger partial charge in [-0.1, -0.05) is 40.1 Å². The predicted octanol–water partition coefficient (Wildman–Crippen LogP) is 5.41. The summed E-state index contributed by atoms with van der Waals surface area (Å²) in [5.41, 5.74) is 2.42. The summed E-state index contributed by atoms with van der Waals surface area (Å²) < 4.78 is 6.33. The third-order valence-electron chi connectivity index (χ3n) is 4.23. The van der Waals surface area contributed by atoms with Crippen LogP contribution >= 0.6 is 27.7 Å². The van der Waals surface area contributed by atoms with Crippen molar-refractivity contribution in [2.45, 2.75) is 31.2 Å². The predicted molar refractivity (Wildman–Crippen MR) is 111 cm³/mol. The Balaban J connectivity index is 1.81. The van der Waals surface area contributed by atoms with Gasteiger partial charge in [-0.25, -0.2) is 0 Å². The second-order valence-corrected chi connectivity index (χ2v) is 7.88. The summed E-state index contributed by atoms with van der Waals surface area (Å²) in [4.78, 5) is 18.3. The highest BCUT2D eigenvalue weighted by Gasteiger charge is 2.21. The van der Waals surface area contributed by atoms with Crippen molar-refractivity contribution in [2.75, 3.05) is 6.26 Å². The van der Waals surface area contributed by atoms with Gasteiger partial charge >= 0.3 is 0 Å². The van der Waals surface area contributed by atoms with E-state index in [0.717, 1.165) is 20.5 Å². The van der Waals surface area contributed by atoms with E-state index in [9.17, 15) is 4.79 Å². The Morgan fingerprint density at radius 2 is 2.11 bits per heavy atom. The topological polar surface area (TPSA) is 68.0 Å². The summed E-state index contributed by atoms with van der Waals surface area (Å²) in [6, 6.07) is 13.2. The molecule has 1 amide bonds. The maximum absolute atomic E-state index is 12.8. The zero-order valence-corrected chi connectivity index (χ0v) is 17.7. The van der Waals surface area contributed by atoms with Crippen LogP contribution in [-0.2, 0) is 0 Å². The molecule has 2 aromatic carbocycles. The molecule has 1 unspecified atom stereocenters. The number of amides is 1. The van der Waals surface area contributed by atoms with E-state index in [0.29, 0.717) is 23.7 Å². The molecule has 0 saturated carbocycles. The molecule has 0 radical (unpaired) electrons. The van der Waals surface area contributed by atoms with Crippen LogP contribution in [0, 0.1) is 6.92 Å². The van der Waals surface area contributed by atoms with Crippen molar-refractivity contribution in [3.8, 4) is 11.5 Å². The molecule has 27 heavy (non-hydrogen) atoms. The zero-order chi connectivity index (χ0) is 19.4. The zero-order valence-electron chi connectivity index (χ0n) is 15.3. The summed E-state index contributed by atoms with van der Waals surface area (Å²) in [5, 5.41) is 7.10. The highest BCUT2D eigenvalue weighted by molar-refractivity contribution is 9.10. The number of aryl methyl sites for hydroxylation is 1. The van der Waals surface area contributed by atoms with Crippen LogP contribution in [0.25, 0.3) is 11.5 Å². The fourth-order valence-corrected chi connectivity index (χ4v) is 3.51. The molecule has 3 aromatic rings. The van der Waals surface area contributed by atoms with Crippen LogP contribution in [0.15, 0.2) is 56.4 Å². The SMILES string of the molecule is CCC(NC(=O)c1cc(SC)ccc1C)c1noc(-c2cccc(Br)c2)n1. The van der Waals surface area contributed by atoms with Gasteiger partial charge in [-0.2, -0.15) is 4.98 Å². The number of nitrogens with one attached hydrogen (secondary N) is 1. The summed E-state index contributed by atoms with van der Waals surface area (Å²) in [7, 11) is 0. The van der Waals surface area contributed by atoms with E-state index in [1.54, 1.807) is 11.8 Å². The van der Waals surface area contributed by atoms with Crippen molar-refractivity contribution in [1.82, 2.24) is 15.5 Å². The Bertz CT molecular complexity index is 958. The Kier molecular flexibility index (Phi) is 6.34. The molecule has 0 spiro atoms. The fraction of sp³-hybridized carbons (Fsp3) is 0.250. The number of hydrogen-bond acceptors (Lipinski definition) is 5. The van der Waals surface area contributed by atoms with Crippen molar-refractivity contribution in [1.29, 1.82) is 0 Å². The minimum atomic E-state index is -0.320. The molecule has 0 bridgehead atoms. The van der Waals surface area contributed by atoms with Crippen LogP contribution in [0.5, 0.6) is 0 Å². The first-order valence-electron chi connectivity index (χ1n) is 8.57. The Hall–Kier alpha value is -2.12. The molecular weight excluding hydrogens is 426 g/mol. The highest BCUT2D eigenvalue weighted by Crippen LogP contribution is 2.24. The highest BCUT2D eigenvalue weighted by atomic mass is 79.9. The Labute approximate surface area is 171 Å². The number of benzene rings is 2. The lowest BCUT2D eigenvalue weighted by Gasteiger charge is -2.15. The molecular formula is C20H20BrN3O2S. The van der Waals surface area contributed by atoms with Crippen molar-refractivity contribution in [3.63, 3.8) is 0 Å². The molecule has 1 heterocycles. The van der Waals surface area contributed by atoms with Crippen LogP contribution in [0.3, 0.4) is 0 Å². The van der Waals surface area contributed by atoms with Gasteiger partial charge in [0.15, 0.2) is 5.82 Å². The van der Waals surface area contributed by atoms with Crippen molar-refractivity contribution in [2.24, 2.45) is 0 Å². The minimum absolute atomic E-state index is 0.135. The summed E-state index contributed by atoms with van der Waals surface area (Å²) in [5.74, 6) is 0.767. The molecule has 1 aromatic heterocycles. The van der Waals surface area contributed by atoms with Crippen LogP contribution in [-0.4, -0.2) is 22.3 Å². The van der Waals surface area contributed by atoms with Gasteiger partial charge in [-0.15, -0.1) is 11.8 Å². The Morgan fingerprint density at radius 3 is 2.81 bits per heavy atom. The van der Waals surface area contributed by atoms with E-state index in [2.05, 4.69) is 31.4 Å². The molecule has 0 aliphatic heterocycles. The lowest BCUT2D eigenvalue weighted by Crippen LogP contribution is -2.29. The number of carbonyl (C=O) groups is 1. The fourth-order valence-electron chi connectivity index (χ4n) is 2.67. The molecule has 5 nitrogen and oxygen atoms in total. The average molecular weight is 446 g/mol. The van der Waals surface area contributed by atoms with Crippen LogP contribution in [0.2, 0.25) is 0 Å².